The lowest BCUT2D eigenvalue weighted by Gasteiger charge is -2.34. The molecule has 19 heavy (non-hydrogen) atoms. The number of fused-ring (bicyclic) bond motifs is 1. The highest BCUT2D eigenvalue weighted by molar-refractivity contribution is 5.78. The molecule has 0 unspecified atom stereocenters. The Morgan fingerprint density at radius 3 is 2.68 bits per heavy atom. The van der Waals surface area contributed by atoms with Crippen LogP contribution in [0, 0.1) is 0 Å². The Balaban J connectivity index is 1.71. The number of pyridine rings is 1. The van der Waals surface area contributed by atoms with Gasteiger partial charge in [-0.05, 0) is 31.9 Å². The third-order valence-electron chi connectivity index (χ3n) is 4.31. The maximum atomic E-state index is 4.73. The number of benzene rings is 1. The van der Waals surface area contributed by atoms with Crippen molar-refractivity contribution in [2.75, 3.05) is 0 Å². The van der Waals surface area contributed by atoms with E-state index < -0.39 is 0 Å². The van der Waals surface area contributed by atoms with Crippen LogP contribution in [0.15, 0.2) is 36.4 Å². The molecule has 2 heteroatoms. The average molecular weight is 254 g/mol. The van der Waals surface area contributed by atoms with Crippen LogP contribution in [0.1, 0.15) is 44.7 Å². The molecular weight excluding hydrogens is 232 g/mol. The number of rotatable bonds is 3. The van der Waals surface area contributed by atoms with Crippen LogP contribution in [-0.2, 0) is 6.54 Å². The molecule has 100 valence electrons. The van der Waals surface area contributed by atoms with Gasteiger partial charge in [-0.2, -0.15) is 0 Å². The molecule has 1 aromatic carbocycles. The zero-order valence-corrected chi connectivity index (χ0v) is 11.7. The summed E-state index contributed by atoms with van der Waals surface area (Å²) < 4.78 is 0. The first kappa shape index (κ1) is 12.6. The van der Waals surface area contributed by atoms with Crippen molar-refractivity contribution in [1.29, 1.82) is 0 Å². The van der Waals surface area contributed by atoms with Gasteiger partial charge in [0.05, 0.1) is 11.2 Å². The fraction of sp³-hybridized carbons (Fsp3) is 0.471. The van der Waals surface area contributed by atoms with Crippen molar-refractivity contribution in [3.63, 3.8) is 0 Å². The molecule has 1 aromatic heterocycles. The van der Waals surface area contributed by atoms with Gasteiger partial charge in [0, 0.05) is 17.5 Å². The molecule has 1 heterocycles. The van der Waals surface area contributed by atoms with E-state index in [0.717, 1.165) is 17.8 Å². The molecule has 0 radical (unpaired) electrons. The number of nitrogens with zero attached hydrogens (tertiary/aromatic N) is 1. The van der Waals surface area contributed by atoms with Gasteiger partial charge in [-0.3, -0.25) is 4.98 Å². The molecule has 1 fully saturated rings. The van der Waals surface area contributed by atoms with Gasteiger partial charge in [-0.25, -0.2) is 0 Å². The van der Waals surface area contributed by atoms with Gasteiger partial charge >= 0.3 is 0 Å². The summed E-state index contributed by atoms with van der Waals surface area (Å²) in [5.41, 5.74) is 2.55. The van der Waals surface area contributed by atoms with E-state index in [1.165, 1.54) is 37.5 Å². The number of hydrogen-bond acceptors (Lipinski definition) is 2. The van der Waals surface area contributed by atoms with E-state index in [9.17, 15) is 0 Å². The summed E-state index contributed by atoms with van der Waals surface area (Å²) in [5.74, 6) is 0. The summed E-state index contributed by atoms with van der Waals surface area (Å²) in [6, 6.07) is 12.6. The molecule has 0 bridgehead atoms. The Labute approximate surface area is 115 Å². The topological polar surface area (TPSA) is 24.9 Å². The number of nitrogens with one attached hydrogen (secondary N) is 1. The molecule has 2 nitrogen and oxygen atoms in total. The van der Waals surface area contributed by atoms with Gasteiger partial charge in [0.15, 0.2) is 0 Å². The van der Waals surface area contributed by atoms with E-state index in [0.29, 0.717) is 5.54 Å². The molecular formula is C17H22N2. The second-order valence-electron chi connectivity index (χ2n) is 5.97. The van der Waals surface area contributed by atoms with Crippen molar-refractivity contribution in [2.24, 2.45) is 0 Å². The van der Waals surface area contributed by atoms with Gasteiger partial charge in [0.25, 0.3) is 0 Å². The summed E-state index contributed by atoms with van der Waals surface area (Å²) in [7, 11) is 0. The maximum absolute atomic E-state index is 4.73. The van der Waals surface area contributed by atoms with E-state index in [1.807, 2.05) is 0 Å². The van der Waals surface area contributed by atoms with E-state index in [4.69, 9.17) is 4.98 Å². The minimum Gasteiger partial charge on any atom is -0.306 e. The molecule has 1 N–H and O–H groups in total. The lowest BCUT2D eigenvalue weighted by molar-refractivity contribution is 0.251. The van der Waals surface area contributed by atoms with Crippen LogP contribution >= 0.6 is 0 Å². The average Bonchev–Trinajstić information content (AvgIpc) is 2.46. The Bertz CT molecular complexity index is 556. The van der Waals surface area contributed by atoms with Crippen LogP contribution in [0.5, 0.6) is 0 Å². The Kier molecular flexibility index (Phi) is 3.52. The molecule has 1 saturated carbocycles. The molecule has 2 aromatic rings. The summed E-state index contributed by atoms with van der Waals surface area (Å²) in [6.07, 6.45) is 6.69. The van der Waals surface area contributed by atoms with Gasteiger partial charge in [0.1, 0.15) is 0 Å². The molecule has 0 aliphatic heterocycles. The third kappa shape index (κ3) is 2.95. The van der Waals surface area contributed by atoms with Crippen LogP contribution in [-0.4, -0.2) is 10.5 Å². The van der Waals surface area contributed by atoms with Gasteiger partial charge in [-0.15, -0.1) is 0 Å². The normalized spacial score (nSPS) is 18.6. The lowest BCUT2D eigenvalue weighted by atomic mass is 9.83. The highest BCUT2D eigenvalue weighted by Crippen LogP contribution is 2.27. The first-order valence-corrected chi connectivity index (χ1v) is 7.35. The number of hydrogen-bond donors (Lipinski definition) is 1. The van der Waals surface area contributed by atoms with E-state index in [1.54, 1.807) is 0 Å². The molecule has 0 atom stereocenters. The summed E-state index contributed by atoms with van der Waals surface area (Å²) in [4.78, 5) is 4.73. The SMILES string of the molecule is CC1(NCc2ccc3ccccc3n2)CCCCC1. The van der Waals surface area contributed by atoms with Crippen molar-refractivity contribution in [1.82, 2.24) is 10.3 Å². The highest BCUT2D eigenvalue weighted by Gasteiger charge is 2.25. The Morgan fingerprint density at radius 1 is 1.05 bits per heavy atom. The third-order valence-corrected chi connectivity index (χ3v) is 4.31. The van der Waals surface area contributed by atoms with Crippen LogP contribution in [0.4, 0.5) is 0 Å². The Morgan fingerprint density at radius 2 is 1.84 bits per heavy atom. The molecule has 3 rings (SSSR count). The molecule has 1 aliphatic carbocycles. The zero-order valence-electron chi connectivity index (χ0n) is 11.7. The van der Waals surface area contributed by atoms with Gasteiger partial charge in [-0.1, -0.05) is 43.5 Å². The quantitative estimate of drug-likeness (QED) is 0.894. The van der Waals surface area contributed by atoms with Crippen molar-refractivity contribution in [3.8, 4) is 0 Å². The monoisotopic (exact) mass is 254 g/mol. The molecule has 0 saturated heterocycles. The van der Waals surface area contributed by atoms with Crippen LogP contribution in [0.2, 0.25) is 0 Å². The van der Waals surface area contributed by atoms with Gasteiger partial charge in [0.2, 0.25) is 0 Å². The first-order valence-electron chi connectivity index (χ1n) is 7.35. The van der Waals surface area contributed by atoms with Gasteiger partial charge < -0.3 is 5.32 Å². The van der Waals surface area contributed by atoms with Crippen molar-refractivity contribution >= 4 is 10.9 Å². The minimum absolute atomic E-state index is 0.311. The van der Waals surface area contributed by atoms with Crippen molar-refractivity contribution in [3.05, 3.63) is 42.1 Å². The second kappa shape index (κ2) is 5.30. The molecule has 0 spiro atoms. The van der Waals surface area contributed by atoms with E-state index >= 15 is 0 Å². The summed E-state index contributed by atoms with van der Waals surface area (Å²) in [5, 5.41) is 4.93. The number of aromatic nitrogens is 1. The van der Waals surface area contributed by atoms with E-state index in [2.05, 4.69) is 48.6 Å². The Hall–Kier alpha value is -1.41. The summed E-state index contributed by atoms with van der Waals surface area (Å²) >= 11 is 0. The van der Waals surface area contributed by atoms with Crippen LogP contribution in [0.3, 0.4) is 0 Å². The predicted molar refractivity (Wildman–Crippen MR) is 80.1 cm³/mol. The minimum atomic E-state index is 0.311. The fourth-order valence-electron chi connectivity index (χ4n) is 3.02. The highest BCUT2D eigenvalue weighted by atomic mass is 15.0. The van der Waals surface area contributed by atoms with Crippen LogP contribution in [0.25, 0.3) is 10.9 Å². The molecule has 1 aliphatic rings. The van der Waals surface area contributed by atoms with Crippen molar-refractivity contribution < 1.29 is 0 Å². The van der Waals surface area contributed by atoms with Crippen molar-refractivity contribution in [2.45, 2.75) is 51.1 Å². The largest absolute Gasteiger partial charge is 0.306 e. The smallest absolute Gasteiger partial charge is 0.0705 e. The number of para-hydroxylation sites is 1. The van der Waals surface area contributed by atoms with Crippen LogP contribution < -0.4 is 5.32 Å². The maximum Gasteiger partial charge on any atom is 0.0705 e. The van der Waals surface area contributed by atoms with E-state index in [-0.39, 0.29) is 0 Å². The zero-order chi connectivity index (χ0) is 13.1. The summed E-state index contributed by atoms with van der Waals surface area (Å²) in [6.45, 7) is 3.23. The molecule has 0 amide bonds. The fourth-order valence-corrected chi connectivity index (χ4v) is 3.02. The second-order valence-corrected chi connectivity index (χ2v) is 5.97. The standard InChI is InChI=1S/C17H22N2/c1-17(11-5-2-6-12-17)18-13-15-10-9-14-7-3-4-8-16(14)19-15/h3-4,7-10,18H,2,5-6,11-13H2,1H3. The predicted octanol–water partition coefficient (Wildman–Crippen LogP) is 4.05. The lowest BCUT2D eigenvalue weighted by Crippen LogP contribution is -2.43. The first-order chi connectivity index (χ1) is 9.25.